The fourth-order valence-corrected chi connectivity index (χ4v) is 0.642. The van der Waals surface area contributed by atoms with E-state index >= 15 is 0 Å². The third-order valence-corrected chi connectivity index (χ3v) is 1.12. The summed E-state index contributed by atoms with van der Waals surface area (Å²) in [5, 5.41) is 8.66. The molecule has 0 aromatic heterocycles. The Labute approximate surface area is 66.7 Å². The van der Waals surface area contributed by atoms with Crippen LogP contribution in [0.4, 0.5) is 0 Å². The number of rotatable bonds is 4. The average molecular weight is 158 g/mol. The van der Waals surface area contributed by atoms with Gasteiger partial charge in [0.2, 0.25) is 0 Å². The van der Waals surface area contributed by atoms with Crippen LogP contribution in [0.2, 0.25) is 0 Å². The van der Waals surface area contributed by atoms with Gasteiger partial charge in [-0.25, -0.2) is 4.79 Å². The highest BCUT2D eigenvalue weighted by Gasteiger charge is 2.09. The lowest BCUT2D eigenvalue weighted by atomic mass is 10.2. The molecule has 1 atom stereocenters. The molecule has 0 saturated heterocycles. The first-order valence-electron chi connectivity index (χ1n) is 3.64. The number of carbonyl (C=O) groups is 1. The van der Waals surface area contributed by atoms with Gasteiger partial charge in [-0.2, -0.15) is 0 Å². The number of aliphatic hydroxyl groups is 1. The van der Waals surface area contributed by atoms with Gasteiger partial charge in [0.15, 0.2) is 6.29 Å². The molecule has 0 aliphatic carbocycles. The van der Waals surface area contributed by atoms with E-state index in [0.29, 0.717) is 12.0 Å². The van der Waals surface area contributed by atoms with Crippen molar-refractivity contribution >= 4 is 5.97 Å². The van der Waals surface area contributed by atoms with Crippen molar-refractivity contribution in [2.75, 3.05) is 0 Å². The van der Waals surface area contributed by atoms with Crippen molar-refractivity contribution in [1.82, 2.24) is 0 Å². The summed E-state index contributed by atoms with van der Waals surface area (Å²) in [5.41, 5.74) is 0.411. The smallest absolute Gasteiger partial charge is 0.335 e. The van der Waals surface area contributed by atoms with Crippen LogP contribution < -0.4 is 0 Å². The van der Waals surface area contributed by atoms with Crippen LogP contribution in [-0.2, 0) is 9.53 Å². The van der Waals surface area contributed by atoms with Crippen LogP contribution in [0.25, 0.3) is 0 Å². The number of aliphatic hydroxyl groups excluding tert-OH is 1. The van der Waals surface area contributed by atoms with E-state index in [2.05, 4.69) is 11.3 Å². The molecule has 0 aliphatic rings. The molecule has 1 N–H and O–H groups in total. The molecule has 0 aliphatic heterocycles. The molecule has 0 rings (SSSR count). The molecule has 0 bridgehead atoms. The Balaban J connectivity index is 3.74. The van der Waals surface area contributed by atoms with Crippen LogP contribution in [0.3, 0.4) is 0 Å². The maximum atomic E-state index is 10.9. The summed E-state index contributed by atoms with van der Waals surface area (Å²) in [5.74, 6) is -0.512. The Kier molecular flexibility index (Phi) is 4.54. The molecule has 0 radical (unpaired) electrons. The van der Waals surface area contributed by atoms with Gasteiger partial charge in [0.25, 0.3) is 0 Å². The lowest BCUT2D eigenvalue weighted by molar-refractivity contribution is -0.159. The first kappa shape index (κ1) is 10.2. The van der Waals surface area contributed by atoms with Crippen molar-refractivity contribution in [3.05, 3.63) is 12.2 Å². The van der Waals surface area contributed by atoms with Gasteiger partial charge in [0, 0.05) is 5.57 Å². The van der Waals surface area contributed by atoms with Crippen molar-refractivity contribution in [2.24, 2.45) is 0 Å². The molecule has 0 heterocycles. The van der Waals surface area contributed by atoms with Crippen LogP contribution in [0, 0.1) is 0 Å². The Bertz CT molecular complexity index is 149. The van der Waals surface area contributed by atoms with Gasteiger partial charge in [-0.05, 0) is 13.3 Å². The summed E-state index contributed by atoms with van der Waals surface area (Å²) >= 11 is 0. The van der Waals surface area contributed by atoms with E-state index in [9.17, 15) is 4.79 Å². The predicted octanol–water partition coefficient (Wildman–Crippen LogP) is 1.22. The summed E-state index contributed by atoms with van der Waals surface area (Å²) in [7, 11) is 0. The van der Waals surface area contributed by atoms with Gasteiger partial charge < -0.3 is 9.84 Å². The summed E-state index contributed by atoms with van der Waals surface area (Å²) in [6.45, 7) is 6.84. The van der Waals surface area contributed by atoms with Crippen LogP contribution in [0.1, 0.15) is 26.7 Å². The zero-order valence-electron chi connectivity index (χ0n) is 6.96. The van der Waals surface area contributed by atoms with E-state index in [-0.39, 0.29) is 0 Å². The van der Waals surface area contributed by atoms with Gasteiger partial charge in [-0.3, -0.25) is 0 Å². The van der Waals surface area contributed by atoms with E-state index in [1.807, 2.05) is 6.92 Å². The minimum atomic E-state index is -1.05. The third kappa shape index (κ3) is 4.56. The van der Waals surface area contributed by atoms with Gasteiger partial charge in [0.05, 0.1) is 0 Å². The number of carbonyl (C=O) groups excluding carboxylic acids is 1. The summed E-state index contributed by atoms with van der Waals surface area (Å²) < 4.78 is 4.48. The maximum Gasteiger partial charge on any atom is 0.335 e. The van der Waals surface area contributed by atoms with E-state index in [4.69, 9.17) is 5.11 Å². The topological polar surface area (TPSA) is 46.5 Å². The van der Waals surface area contributed by atoms with Crippen molar-refractivity contribution in [1.29, 1.82) is 0 Å². The molecular formula is C8H14O3. The van der Waals surface area contributed by atoms with E-state index < -0.39 is 12.3 Å². The second kappa shape index (κ2) is 4.91. The van der Waals surface area contributed by atoms with Crippen molar-refractivity contribution in [3.63, 3.8) is 0 Å². The Morgan fingerprint density at radius 1 is 1.73 bits per heavy atom. The molecule has 0 amide bonds. The lowest BCUT2D eigenvalue weighted by Gasteiger charge is -2.07. The zero-order valence-corrected chi connectivity index (χ0v) is 6.96. The molecule has 0 spiro atoms. The van der Waals surface area contributed by atoms with Gasteiger partial charge in [0.1, 0.15) is 0 Å². The summed E-state index contributed by atoms with van der Waals surface area (Å²) in [6.07, 6.45) is 0.426. The standard InChI is InChI=1S/C8H14O3/c1-4-5-6(2)8(10)11-7(3)9/h7,9H,2,4-5H2,1,3H3. The highest BCUT2D eigenvalue weighted by molar-refractivity contribution is 5.87. The van der Waals surface area contributed by atoms with Crippen LogP contribution in [-0.4, -0.2) is 17.4 Å². The first-order chi connectivity index (χ1) is 5.07. The average Bonchev–Trinajstić information content (AvgIpc) is 1.86. The van der Waals surface area contributed by atoms with Crippen molar-refractivity contribution in [2.45, 2.75) is 33.0 Å². The number of esters is 1. The minimum absolute atomic E-state index is 0.411. The molecule has 64 valence electrons. The van der Waals surface area contributed by atoms with Gasteiger partial charge in [-0.1, -0.05) is 19.9 Å². The fraction of sp³-hybridized carbons (Fsp3) is 0.625. The molecule has 0 saturated carbocycles. The lowest BCUT2D eigenvalue weighted by Crippen LogP contribution is -2.15. The van der Waals surface area contributed by atoms with Crippen LogP contribution >= 0.6 is 0 Å². The maximum absolute atomic E-state index is 10.9. The van der Waals surface area contributed by atoms with E-state index in [0.717, 1.165) is 6.42 Å². The Morgan fingerprint density at radius 3 is 2.64 bits per heavy atom. The van der Waals surface area contributed by atoms with E-state index in [1.54, 1.807) is 0 Å². The van der Waals surface area contributed by atoms with Crippen molar-refractivity contribution < 1.29 is 14.6 Å². The van der Waals surface area contributed by atoms with Gasteiger partial charge >= 0.3 is 5.97 Å². The predicted molar refractivity (Wildman–Crippen MR) is 41.8 cm³/mol. The first-order valence-corrected chi connectivity index (χ1v) is 3.64. The fourth-order valence-electron chi connectivity index (χ4n) is 0.642. The monoisotopic (exact) mass is 158 g/mol. The second-order valence-electron chi connectivity index (χ2n) is 2.36. The second-order valence-corrected chi connectivity index (χ2v) is 2.36. The zero-order chi connectivity index (χ0) is 8.85. The molecule has 0 aromatic carbocycles. The molecule has 3 heteroatoms. The molecular weight excluding hydrogens is 144 g/mol. The molecule has 0 aromatic rings. The van der Waals surface area contributed by atoms with Crippen molar-refractivity contribution in [3.8, 4) is 0 Å². The van der Waals surface area contributed by atoms with Crippen LogP contribution in [0.5, 0.6) is 0 Å². The van der Waals surface area contributed by atoms with E-state index in [1.165, 1.54) is 6.92 Å². The third-order valence-electron chi connectivity index (χ3n) is 1.12. The molecule has 3 nitrogen and oxygen atoms in total. The summed E-state index contributed by atoms with van der Waals surface area (Å²) in [4.78, 5) is 10.9. The number of ether oxygens (including phenoxy) is 1. The van der Waals surface area contributed by atoms with Crippen LogP contribution in [0.15, 0.2) is 12.2 Å². The minimum Gasteiger partial charge on any atom is -0.433 e. The summed E-state index contributed by atoms with van der Waals surface area (Å²) in [6, 6.07) is 0. The molecule has 11 heavy (non-hydrogen) atoms. The molecule has 0 fully saturated rings. The SMILES string of the molecule is C=C(CCC)C(=O)OC(C)O. The number of hydrogen-bond donors (Lipinski definition) is 1. The Morgan fingerprint density at radius 2 is 2.27 bits per heavy atom. The number of hydrogen-bond acceptors (Lipinski definition) is 3. The van der Waals surface area contributed by atoms with Gasteiger partial charge in [-0.15, -0.1) is 0 Å². The highest BCUT2D eigenvalue weighted by atomic mass is 16.6. The Hall–Kier alpha value is -0.830. The molecule has 1 unspecified atom stereocenters. The largest absolute Gasteiger partial charge is 0.433 e. The quantitative estimate of drug-likeness (QED) is 0.380. The highest BCUT2D eigenvalue weighted by Crippen LogP contribution is 2.04. The normalized spacial score (nSPS) is 12.3.